The molecular formula is C14H16O8. The van der Waals surface area contributed by atoms with Gasteiger partial charge in [-0.05, 0) is 30.7 Å². The number of carbonyl (C=O) groups is 2. The van der Waals surface area contributed by atoms with Gasteiger partial charge in [-0.1, -0.05) is 6.07 Å². The summed E-state index contributed by atoms with van der Waals surface area (Å²) in [5, 5.41) is 45.9. The number of benzene rings is 1. The van der Waals surface area contributed by atoms with Crippen molar-refractivity contribution in [3.05, 3.63) is 29.8 Å². The van der Waals surface area contributed by atoms with Crippen LogP contribution in [0, 0.1) is 0 Å². The molecule has 22 heavy (non-hydrogen) atoms. The molecule has 0 radical (unpaired) electrons. The second kappa shape index (κ2) is 6.92. The monoisotopic (exact) mass is 312 g/mol. The minimum atomic E-state index is -2.44. The number of rotatable bonds is 6. The second-order valence-corrected chi connectivity index (χ2v) is 4.68. The third-order valence-corrected chi connectivity index (χ3v) is 2.88. The van der Waals surface area contributed by atoms with E-state index in [-0.39, 0.29) is 11.5 Å². The van der Waals surface area contributed by atoms with Crippen LogP contribution in [0.3, 0.4) is 0 Å². The molecule has 1 rings (SSSR count). The van der Waals surface area contributed by atoms with E-state index in [4.69, 9.17) is 10.2 Å². The first-order chi connectivity index (χ1) is 10.1. The Hall–Kier alpha value is -2.58. The zero-order valence-corrected chi connectivity index (χ0v) is 11.6. The smallest absolute Gasteiger partial charge is 0.338 e. The van der Waals surface area contributed by atoms with Crippen LogP contribution in [0.4, 0.5) is 0 Å². The van der Waals surface area contributed by atoms with E-state index in [1.807, 2.05) is 0 Å². The van der Waals surface area contributed by atoms with Crippen LogP contribution in [0.5, 0.6) is 11.5 Å². The lowest BCUT2D eigenvalue weighted by molar-refractivity contribution is -0.175. The van der Waals surface area contributed by atoms with Crippen LogP contribution in [0.15, 0.2) is 24.3 Å². The normalized spacial score (nSPS) is 15.2. The summed E-state index contributed by atoms with van der Waals surface area (Å²) in [6, 6.07) is 3.88. The van der Waals surface area contributed by atoms with Crippen molar-refractivity contribution >= 4 is 18.0 Å². The van der Waals surface area contributed by atoms with E-state index < -0.39 is 30.3 Å². The van der Waals surface area contributed by atoms with Crippen molar-refractivity contribution in [3.8, 4) is 11.5 Å². The fourth-order valence-corrected chi connectivity index (χ4v) is 1.32. The van der Waals surface area contributed by atoms with E-state index >= 15 is 0 Å². The molecule has 0 spiro atoms. The molecule has 8 heteroatoms. The Labute approximate surface area is 125 Å². The Morgan fingerprint density at radius 3 is 2.50 bits per heavy atom. The maximum atomic E-state index is 11.4. The highest BCUT2D eigenvalue weighted by molar-refractivity contribution is 5.87. The third-order valence-electron chi connectivity index (χ3n) is 2.88. The van der Waals surface area contributed by atoms with Crippen LogP contribution in [-0.2, 0) is 14.3 Å². The number of ether oxygens (including phenoxy) is 1. The number of phenolic OH excluding ortho intramolecular Hbond substituents is 2. The van der Waals surface area contributed by atoms with Gasteiger partial charge < -0.3 is 30.3 Å². The first-order valence-electron chi connectivity index (χ1n) is 6.15. The van der Waals surface area contributed by atoms with Gasteiger partial charge in [0.1, 0.15) is 12.7 Å². The molecule has 0 aliphatic carbocycles. The molecule has 0 amide bonds. The van der Waals surface area contributed by atoms with Crippen LogP contribution >= 0.6 is 0 Å². The zero-order chi connectivity index (χ0) is 16.9. The van der Waals surface area contributed by atoms with Crippen molar-refractivity contribution in [2.24, 2.45) is 0 Å². The number of carboxylic acids is 1. The lowest BCUT2D eigenvalue weighted by Crippen LogP contribution is -2.49. The lowest BCUT2D eigenvalue weighted by Gasteiger charge is -2.23. The summed E-state index contributed by atoms with van der Waals surface area (Å²) in [6.45, 7) is 0.173. The molecule has 1 aromatic rings. The Balaban J connectivity index is 2.58. The van der Waals surface area contributed by atoms with Gasteiger partial charge in [0.25, 0.3) is 0 Å². The zero-order valence-electron chi connectivity index (χ0n) is 11.6. The molecule has 0 aliphatic heterocycles. The van der Waals surface area contributed by atoms with E-state index in [1.165, 1.54) is 24.3 Å². The van der Waals surface area contributed by atoms with Gasteiger partial charge in [0.2, 0.25) is 0 Å². The van der Waals surface area contributed by atoms with Crippen LogP contribution in [0.2, 0.25) is 0 Å². The molecule has 2 atom stereocenters. The van der Waals surface area contributed by atoms with Crippen LogP contribution in [-0.4, -0.2) is 55.8 Å². The topological polar surface area (TPSA) is 145 Å². The highest BCUT2D eigenvalue weighted by atomic mass is 16.5. The average Bonchev–Trinajstić information content (AvgIpc) is 2.45. The molecule has 8 nitrogen and oxygen atoms in total. The van der Waals surface area contributed by atoms with Gasteiger partial charge in [-0.15, -0.1) is 0 Å². The SMILES string of the molecule is C[C@](O)(C(=O)O)[C@H](O)COC(=O)/C=C/c1ccc(O)c(O)c1. The quantitative estimate of drug-likeness (QED) is 0.277. The predicted molar refractivity (Wildman–Crippen MR) is 74.0 cm³/mol. The minimum absolute atomic E-state index is 0.307. The van der Waals surface area contributed by atoms with E-state index in [1.54, 1.807) is 0 Å². The number of esters is 1. The summed E-state index contributed by atoms with van der Waals surface area (Å²) < 4.78 is 4.61. The molecule has 120 valence electrons. The van der Waals surface area contributed by atoms with Gasteiger partial charge >= 0.3 is 11.9 Å². The highest BCUT2D eigenvalue weighted by Crippen LogP contribution is 2.25. The van der Waals surface area contributed by atoms with Gasteiger partial charge in [0, 0.05) is 6.08 Å². The summed E-state index contributed by atoms with van der Waals surface area (Å²) in [7, 11) is 0. The first kappa shape index (κ1) is 17.5. The number of carboxylic acid groups (broad SMARTS) is 1. The summed E-state index contributed by atoms with van der Waals surface area (Å²) in [4.78, 5) is 22.1. The molecule has 0 saturated heterocycles. The number of aliphatic carboxylic acids is 1. The highest BCUT2D eigenvalue weighted by Gasteiger charge is 2.39. The van der Waals surface area contributed by atoms with E-state index in [2.05, 4.69) is 4.74 Å². The average molecular weight is 312 g/mol. The van der Waals surface area contributed by atoms with Gasteiger partial charge in [-0.2, -0.15) is 0 Å². The molecule has 0 heterocycles. The molecule has 0 bridgehead atoms. The summed E-state index contributed by atoms with van der Waals surface area (Å²) in [5.41, 5.74) is -2.03. The van der Waals surface area contributed by atoms with Crippen LogP contribution in [0.25, 0.3) is 6.08 Å². The van der Waals surface area contributed by atoms with Crippen molar-refractivity contribution in [2.45, 2.75) is 18.6 Å². The van der Waals surface area contributed by atoms with Gasteiger partial charge in [0.05, 0.1) is 0 Å². The number of hydrogen-bond acceptors (Lipinski definition) is 7. The Bertz CT molecular complexity index is 591. The molecule has 0 aliphatic rings. The Kier molecular flexibility index (Phi) is 5.50. The molecule has 1 aromatic carbocycles. The molecule has 0 aromatic heterocycles. The standard InChI is InChI=1S/C14H16O8/c1-14(21,13(19)20)11(17)7-22-12(18)5-3-8-2-4-9(15)10(16)6-8/h2-6,11,15-17,21H,7H2,1H3,(H,19,20)/b5-3+/t11-,14-/m1/s1. The molecule has 5 N–H and O–H groups in total. The van der Waals surface area contributed by atoms with Crippen molar-refractivity contribution in [2.75, 3.05) is 6.61 Å². The number of carbonyl (C=O) groups excluding carboxylic acids is 1. The number of aliphatic hydroxyl groups is 2. The number of aromatic hydroxyl groups is 2. The number of hydrogen-bond donors (Lipinski definition) is 5. The summed E-state index contributed by atoms with van der Waals surface area (Å²) >= 11 is 0. The van der Waals surface area contributed by atoms with Crippen molar-refractivity contribution in [3.63, 3.8) is 0 Å². The van der Waals surface area contributed by atoms with Crippen molar-refractivity contribution < 1.29 is 39.9 Å². The van der Waals surface area contributed by atoms with Crippen LogP contribution < -0.4 is 0 Å². The lowest BCUT2D eigenvalue weighted by atomic mass is 10.0. The number of aliphatic hydroxyl groups excluding tert-OH is 1. The van der Waals surface area contributed by atoms with Gasteiger partial charge in [-0.3, -0.25) is 0 Å². The minimum Gasteiger partial charge on any atom is -0.504 e. The van der Waals surface area contributed by atoms with E-state index in [0.29, 0.717) is 5.56 Å². The molecule has 0 unspecified atom stereocenters. The largest absolute Gasteiger partial charge is 0.504 e. The van der Waals surface area contributed by atoms with Crippen molar-refractivity contribution in [1.82, 2.24) is 0 Å². The molecular weight excluding hydrogens is 296 g/mol. The van der Waals surface area contributed by atoms with E-state index in [9.17, 15) is 24.9 Å². The van der Waals surface area contributed by atoms with Gasteiger partial charge in [0.15, 0.2) is 17.1 Å². The van der Waals surface area contributed by atoms with Crippen molar-refractivity contribution in [1.29, 1.82) is 0 Å². The molecule has 0 saturated carbocycles. The first-order valence-corrected chi connectivity index (χ1v) is 6.15. The Morgan fingerprint density at radius 1 is 1.32 bits per heavy atom. The fourth-order valence-electron chi connectivity index (χ4n) is 1.32. The summed E-state index contributed by atoms with van der Waals surface area (Å²) in [6.07, 6.45) is 0.470. The second-order valence-electron chi connectivity index (χ2n) is 4.68. The predicted octanol–water partition coefficient (Wildman–Crippen LogP) is -0.149. The van der Waals surface area contributed by atoms with E-state index in [0.717, 1.165) is 13.0 Å². The maximum absolute atomic E-state index is 11.4. The maximum Gasteiger partial charge on any atom is 0.338 e. The molecule has 0 fully saturated rings. The van der Waals surface area contributed by atoms with Crippen LogP contribution in [0.1, 0.15) is 12.5 Å². The third kappa shape index (κ3) is 4.47. The van der Waals surface area contributed by atoms with Gasteiger partial charge in [-0.25, -0.2) is 9.59 Å². The Morgan fingerprint density at radius 2 is 1.95 bits per heavy atom. The number of phenols is 2. The summed E-state index contributed by atoms with van der Waals surface area (Å²) in [5.74, 6) is -3.19. The fraction of sp³-hybridized carbons (Fsp3) is 0.286.